The lowest BCUT2D eigenvalue weighted by molar-refractivity contribution is -0.266. The number of methoxy groups -OCH3 is 2. The Labute approximate surface area is 392 Å². The molecule has 69 heavy (non-hydrogen) atoms. The highest BCUT2D eigenvalue weighted by atomic mass is 19.4. The van der Waals surface area contributed by atoms with Crippen LogP contribution in [0.1, 0.15) is 83.8 Å². The first kappa shape index (κ1) is 52.2. The van der Waals surface area contributed by atoms with E-state index in [1.807, 2.05) is 0 Å². The molecule has 0 aliphatic carbocycles. The van der Waals surface area contributed by atoms with Crippen molar-refractivity contribution in [1.82, 2.24) is 14.9 Å². The van der Waals surface area contributed by atoms with Gasteiger partial charge in [-0.05, 0) is 109 Å². The third kappa shape index (κ3) is 11.6. The van der Waals surface area contributed by atoms with E-state index in [1.165, 1.54) is 84.4 Å². The number of aliphatic hydroxyl groups is 2. The normalized spacial score (nSPS) is 15.6. The highest BCUT2D eigenvalue weighted by molar-refractivity contribution is 5.98. The minimum Gasteiger partial charge on any atom is -0.496 e. The number of morpholine rings is 1. The van der Waals surface area contributed by atoms with Crippen LogP contribution >= 0.6 is 0 Å². The predicted molar refractivity (Wildman–Crippen MR) is 242 cm³/mol. The summed E-state index contributed by atoms with van der Waals surface area (Å²) in [5.41, 5.74) is -1.16. The maximum absolute atomic E-state index is 14.3. The number of benzene rings is 4. The van der Waals surface area contributed by atoms with E-state index in [2.05, 4.69) is 9.97 Å². The van der Waals surface area contributed by atoms with Crippen LogP contribution in [0, 0.1) is 11.6 Å². The van der Waals surface area contributed by atoms with E-state index in [0.717, 1.165) is 24.3 Å². The second-order valence-electron chi connectivity index (χ2n) is 18.7. The van der Waals surface area contributed by atoms with Gasteiger partial charge < -0.3 is 45.0 Å². The lowest BCUT2D eigenvalue weighted by atomic mass is 9.73. The second kappa shape index (κ2) is 19.7. The van der Waals surface area contributed by atoms with Crippen LogP contribution < -0.4 is 15.2 Å². The van der Waals surface area contributed by atoms with Crippen molar-refractivity contribution in [2.45, 2.75) is 87.8 Å². The zero-order valence-electron chi connectivity index (χ0n) is 38.7. The van der Waals surface area contributed by atoms with E-state index in [9.17, 15) is 54.9 Å². The van der Waals surface area contributed by atoms with Crippen molar-refractivity contribution in [2.75, 3.05) is 40.5 Å². The molecule has 1 aliphatic rings. The molecule has 1 saturated heterocycles. The van der Waals surface area contributed by atoms with Crippen molar-refractivity contribution in [3.63, 3.8) is 0 Å². The van der Waals surface area contributed by atoms with Crippen molar-refractivity contribution >= 4 is 33.6 Å². The summed E-state index contributed by atoms with van der Waals surface area (Å²) >= 11 is 0. The summed E-state index contributed by atoms with van der Waals surface area (Å²) < 4.78 is 129. The van der Waals surface area contributed by atoms with Gasteiger partial charge in [0.15, 0.2) is 11.2 Å². The molecule has 19 heteroatoms. The van der Waals surface area contributed by atoms with Gasteiger partial charge in [0.25, 0.3) is 5.91 Å². The molecule has 0 spiro atoms. The van der Waals surface area contributed by atoms with Gasteiger partial charge in [-0.15, -0.1) is 0 Å². The number of carbonyl (C=O) groups excluding carboxylic acids is 2. The number of halogens is 8. The first-order chi connectivity index (χ1) is 32.1. The number of hydrogen-bond donors (Lipinski definition) is 5. The van der Waals surface area contributed by atoms with E-state index in [4.69, 9.17) is 19.9 Å². The molecule has 7 rings (SSSR count). The topological polar surface area (TPSA) is 163 Å². The van der Waals surface area contributed by atoms with Crippen LogP contribution in [0.5, 0.6) is 11.5 Å². The number of H-pyrrole nitrogens is 2. The molecule has 372 valence electrons. The van der Waals surface area contributed by atoms with Gasteiger partial charge in [-0.25, -0.2) is 8.78 Å². The Morgan fingerprint density at radius 1 is 0.638 bits per heavy atom. The summed E-state index contributed by atoms with van der Waals surface area (Å²) in [6.45, 7) is 7.86. The van der Waals surface area contributed by atoms with Crippen LogP contribution in [0.25, 0.3) is 21.8 Å². The molecule has 6 N–H and O–H groups in total. The molecule has 1 aliphatic heterocycles. The minimum absolute atomic E-state index is 0.128. The third-order valence-corrected chi connectivity index (χ3v) is 12.5. The number of alkyl halides is 6. The Morgan fingerprint density at radius 2 is 1.04 bits per heavy atom. The Hall–Kier alpha value is -6.18. The molecule has 2 unspecified atom stereocenters. The zero-order valence-corrected chi connectivity index (χ0v) is 38.7. The van der Waals surface area contributed by atoms with Gasteiger partial charge in [0.1, 0.15) is 23.1 Å². The molecule has 0 saturated carbocycles. The number of nitrogens with two attached hydrogens (primary N) is 1. The highest BCUT2D eigenvalue weighted by Crippen LogP contribution is 2.47. The van der Waals surface area contributed by atoms with E-state index < -0.39 is 77.6 Å². The number of ether oxygens (including phenoxy) is 3. The fourth-order valence-electron chi connectivity index (χ4n) is 9.04. The van der Waals surface area contributed by atoms with Crippen molar-refractivity contribution in [3.8, 4) is 11.5 Å². The minimum atomic E-state index is -4.97. The first-order valence-corrected chi connectivity index (χ1v) is 21.7. The number of fused-ring (bicyclic) bond motifs is 2. The molecule has 11 nitrogen and oxygen atoms in total. The molecular formula is C50H54F8N4O7. The lowest BCUT2D eigenvalue weighted by Gasteiger charge is -2.38. The Morgan fingerprint density at radius 3 is 1.43 bits per heavy atom. The molecule has 2 atom stereocenters. The second-order valence-corrected chi connectivity index (χ2v) is 18.7. The third-order valence-electron chi connectivity index (χ3n) is 12.5. The summed E-state index contributed by atoms with van der Waals surface area (Å²) in [6.07, 6.45) is -12.9. The van der Waals surface area contributed by atoms with Gasteiger partial charge in [-0.2, -0.15) is 26.3 Å². The Balaban J connectivity index is 0.000000229. The van der Waals surface area contributed by atoms with Gasteiger partial charge in [0, 0.05) is 81.4 Å². The number of rotatable bonds is 14. The van der Waals surface area contributed by atoms with Gasteiger partial charge >= 0.3 is 12.4 Å². The Bertz CT molecular complexity index is 2810. The van der Waals surface area contributed by atoms with Crippen LogP contribution in [-0.4, -0.2) is 101 Å². The summed E-state index contributed by atoms with van der Waals surface area (Å²) in [5.74, 6) is -1.61. The Kier molecular flexibility index (Phi) is 14.9. The number of aromatic amines is 2. The van der Waals surface area contributed by atoms with Crippen molar-refractivity contribution in [2.24, 2.45) is 5.73 Å². The maximum Gasteiger partial charge on any atom is 0.417 e. The number of aromatic nitrogens is 2. The number of amides is 2. The fraction of sp³-hybridized carbons (Fsp3) is 0.400. The van der Waals surface area contributed by atoms with E-state index in [-0.39, 0.29) is 45.5 Å². The average molecular weight is 975 g/mol. The van der Waals surface area contributed by atoms with Crippen LogP contribution in [0.3, 0.4) is 0 Å². The SMILES string of the molecule is COc1ccc(F)cc1C(C)(C)CC(O)(Cc1cc2cc(C(=O)N3CCOCC3)ccc2[nH]1)C(F)(F)F.COc1ccc(F)cc1C(C)(C)CC(O)(Cc1cc2cc(C(N)=O)ccc2[nH]1)C(F)(F)F. The molecule has 4 aromatic carbocycles. The van der Waals surface area contributed by atoms with Crippen LogP contribution in [0.2, 0.25) is 0 Å². The van der Waals surface area contributed by atoms with Gasteiger partial charge in [0.05, 0.1) is 27.4 Å². The van der Waals surface area contributed by atoms with E-state index >= 15 is 0 Å². The molecule has 3 heterocycles. The summed E-state index contributed by atoms with van der Waals surface area (Å²) in [7, 11) is 2.69. The number of nitrogens with zero attached hydrogens (tertiary/aromatic N) is 1. The monoisotopic (exact) mass is 974 g/mol. The zero-order chi connectivity index (χ0) is 50.9. The largest absolute Gasteiger partial charge is 0.496 e. The fourth-order valence-corrected chi connectivity index (χ4v) is 9.04. The highest BCUT2D eigenvalue weighted by Gasteiger charge is 2.57. The van der Waals surface area contributed by atoms with Gasteiger partial charge in [-0.3, -0.25) is 9.59 Å². The van der Waals surface area contributed by atoms with Gasteiger partial charge in [-0.1, -0.05) is 27.7 Å². The summed E-state index contributed by atoms with van der Waals surface area (Å²) in [6, 6.07) is 19.5. The molecular weight excluding hydrogens is 921 g/mol. The van der Waals surface area contributed by atoms with Crippen molar-refractivity contribution < 1.29 is 69.1 Å². The van der Waals surface area contributed by atoms with Crippen molar-refractivity contribution in [1.29, 1.82) is 0 Å². The summed E-state index contributed by atoms with van der Waals surface area (Å²) in [4.78, 5) is 31.6. The quantitative estimate of drug-likeness (QED) is 0.0679. The number of nitrogens with one attached hydrogen (secondary N) is 2. The summed E-state index contributed by atoms with van der Waals surface area (Å²) in [5, 5.41) is 22.9. The molecule has 1 fully saturated rings. The lowest BCUT2D eigenvalue weighted by Crippen LogP contribution is -2.51. The van der Waals surface area contributed by atoms with Crippen molar-refractivity contribution in [3.05, 3.63) is 130 Å². The van der Waals surface area contributed by atoms with Crippen LogP contribution in [0.15, 0.2) is 84.9 Å². The number of hydrogen-bond acceptors (Lipinski definition) is 7. The molecule has 6 aromatic rings. The molecule has 0 radical (unpaired) electrons. The van der Waals surface area contributed by atoms with E-state index in [1.54, 1.807) is 23.1 Å². The molecule has 0 bridgehead atoms. The molecule has 2 aromatic heterocycles. The van der Waals surface area contributed by atoms with E-state index in [0.29, 0.717) is 53.7 Å². The average Bonchev–Trinajstić information content (AvgIpc) is 3.87. The van der Waals surface area contributed by atoms with Crippen LogP contribution in [-0.2, 0) is 28.4 Å². The smallest absolute Gasteiger partial charge is 0.417 e. The first-order valence-electron chi connectivity index (χ1n) is 21.7. The predicted octanol–water partition coefficient (Wildman–Crippen LogP) is 9.61. The maximum atomic E-state index is 14.3. The number of primary amides is 1. The molecule has 2 amide bonds. The van der Waals surface area contributed by atoms with Crippen LogP contribution in [0.4, 0.5) is 35.1 Å². The standard InChI is InChI=1S/C27H30F4N2O4.C23H24F4N2O3/c1-25(2,21-14-19(28)5-7-23(21)36-3)16-26(35,27(29,30)31)15-20-13-18-12-17(4-6-22(18)32-20)24(34)33-8-10-37-11-9-33;1-21(2,17-10-15(24)5-7-19(17)32-3)12-22(31,23(25,26)27)11-16-9-14-8-13(20(28)30)4-6-18(14)29-16/h4-7,12-14,32,35H,8-11,15-16H2,1-3H3;4-10,29,31H,11-12H2,1-3H3,(H2,28,30). The van der Waals surface area contributed by atoms with Gasteiger partial charge in [0.2, 0.25) is 5.91 Å². The number of carbonyl (C=O) groups is 2.